The van der Waals surface area contributed by atoms with E-state index in [0.717, 1.165) is 0 Å². The van der Waals surface area contributed by atoms with Gasteiger partial charge in [-0.05, 0) is 66.7 Å². The highest BCUT2D eigenvalue weighted by molar-refractivity contribution is 7.89. The van der Waals surface area contributed by atoms with E-state index < -0.39 is 15.9 Å². The van der Waals surface area contributed by atoms with Gasteiger partial charge >= 0.3 is 0 Å². The molecule has 0 spiro atoms. The van der Waals surface area contributed by atoms with E-state index in [4.69, 9.17) is 11.6 Å². The summed E-state index contributed by atoms with van der Waals surface area (Å²) < 4.78 is 28.2. The van der Waals surface area contributed by atoms with Crippen molar-refractivity contribution in [2.75, 3.05) is 5.32 Å². The largest absolute Gasteiger partial charge is 0.322 e. The van der Waals surface area contributed by atoms with Gasteiger partial charge in [0.25, 0.3) is 5.91 Å². The molecule has 9 nitrogen and oxygen atoms in total. The van der Waals surface area contributed by atoms with Crippen molar-refractivity contribution in [1.82, 2.24) is 24.9 Å². The van der Waals surface area contributed by atoms with Crippen molar-refractivity contribution < 1.29 is 13.2 Å². The molecule has 0 aliphatic heterocycles. The molecule has 1 heterocycles. The Morgan fingerprint density at radius 1 is 1.14 bits per heavy atom. The maximum Gasteiger partial charge on any atom is 0.257 e. The van der Waals surface area contributed by atoms with E-state index in [9.17, 15) is 13.2 Å². The SMILES string of the molecule is CC(C)NS(=O)(=O)c1ccc(NC(=O)c2cc(Cl)ccc2-n2cnnn2)cc1. The number of halogens is 1. The number of rotatable bonds is 6. The molecule has 3 rings (SSSR count). The van der Waals surface area contributed by atoms with Crippen LogP contribution < -0.4 is 10.0 Å². The van der Waals surface area contributed by atoms with Crippen molar-refractivity contribution in [3.63, 3.8) is 0 Å². The highest BCUT2D eigenvalue weighted by Gasteiger charge is 2.17. The van der Waals surface area contributed by atoms with E-state index in [1.165, 1.54) is 41.3 Å². The molecule has 1 aromatic heterocycles. The number of aromatic nitrogens is 4. The van der Waals surface area contributed by atoms with Crippen molar-refractivity contribution in [2.45, 2.75) is 24.8 Å². The van der Waals surface area contributed by atoms with E-state index in [-0.39, 0.29) is 16.5 Å². The third-order valence-electron chi connectivity index (χ3n) is 3.61. The first-order chi connectivity index (χ1) is 13.3. The first-order valence-corrected chi connectivity index (χ1v) is 10.1. The number of tetrazole rings is 1. The van der Waals surface area contributed by atoms with Crippen LogP contribution >= 0.6 is 11.6 Å². The number of carbonyl (C=O) groups is 1. The van der Waals surface area contributed by atoms with E-state index in [1.54, 1.807) is 26.0 Å². The summed E-state index contributed by atoms with van der Waals surface area (Å²) in [5.74, 6) is -0.441. The van der Waals surface area contributed by atoms with Gasteiger partial charge in [0.1, 0.15) is 6.33 Å². The lowest BCUT2D eigenvalue weighted by Gasteiger charge is -2.12. The minimum absolute atomic E-state index is 0.108. The lowest BCUT2D eigenvalue weighted by atomic mass is 10.1. The Bertz CT molecular complexity index is 1080. The maximum absolute atomic E-state index is 12.7. The molecule has 2 aromatic carbocycles. The number of hydrogen-bond acceptors (Lipinski definition) is 6. The van der Waals surface area contributed by atoms with Gasteiger partial charge in [0.05, 0.1) is 16.1 Å². The fourth-order valence-electron chi connectivity index (χ4n) is 2.46. The molecule has 11 heteroatoms. The van der Waals surface area contributed by atoms with Gasteiger partial charge in [-0.1, -0.05) is 11.6 Å². The molecule has 2 N–H and O–H groups in total. The van der Waals surface area contributed by atoms with Crippen LogP contribution in [0.1, 0.15) is 24.2 Å². The zero-order valence-electron chi connectivity index (χ0n) is 15.0. The van der Waals surface area contributed by atoms with Crippen LogP contribution in [0.15, 0.2) is 53.7 Å². The fourth-order valence-corrected chi connectivity index (χ4v) is 3.88. The number of sulfonamides is 1. The second-order valence-corrected chi connectivity index (χ2v) is 8.32. The van der Waals surface area contributed by atoms with Crippen LogP contribution in [-0.4, -0.2) is 40.6 Å². The summed E-state index contributed by atoms with van der Waals surface area (Å²) >= 11 is 6.02. The Morgan fingerprint density at radius 3 is 2.46 bits per heavy atom. The zero-order valence-corrected chi connectivity index (χ0v) is 16.6. The van der Waals surface area contributed by atoms with E-state index in [0.29, 0.717) is 16.4 Å². The smallest absolute Gasteiger partial charge is 0.257 e. The molecule has 0 aliphatic carbocycles. The molecule has 0 radical (unpaired) electrons. The average molecular weight is 421 g/mol. The standard InChI is InChI=1S/C17H17ClN6O3S/c1-11(2)21-28(26,27)14-6-4-13(5-7-14)20-17(25)15-9-12(18)3-8-16(15)24-10-19-22-23-24/h3-11,21H,1-2H3,(H,20,25). The molecule has 3 aromatic rings. The predicted octanol–water partition coefficient (Wildman–Crippen LogP) is 2.25. The number of anilines is 1. The van der Waals surface area contributed by atoms with Gasteiger partial charge in [0.2, 0.25) is 10.0 Å². The number of nitrogens with zero attached hydrogens (tertiary/aromatic N) is 4. The molecule has 0 unspecified atom stereocenters. The minimum Gasteiger partial charge on any atom is -0.322 e. The molecule has 1 amide bonds. The van der Waals surface area contributed by atoms with E-state index in [1.807, 2.05) is 0 Å². The Morgan fingerprint density at radius 2 is 1.86 bits per heavy atom. The van der Waals surface area contributed by atoms with Crippen LogP contribution in [0.25, 0.3) is 5.69 Å². The molecular formula is C17H17ClN6O3S. The molecule has 28 heavy (non-hydrogen) atoms. The van der Waals surface area contributed by atoms with Crippen molar-refractivity contribution in [1.29, 1.82) is 0 Å². The topological polar surface area (TPSA) is 119 Å². The van der Waals surface area contributed by atoms with Crippen LogP contribution in [0.4, 0.5) is 5.69 Å². The van der Waals surface area contributed by atoms with Gasteiger partial charge in [0.15, 0.2) is 0 Å². The molecule has 146 valence electrons. The summed E-state index contributed by atoms with van der Waals surface area (Å²) in [5, 5.41) is 14.0. The van der Waals surface area contributed by atoms with Crippen molar-refractivity contribution >= 4 is 33.2 Å². The van der Waals surface area contributed by atoms with Crippen LogP contribution in [-0.2, 0) is 10.0 Å². The monoisotopic (exact) mass is 420 g/mol. The lowest BCUT2D eigenvalue weighted by Crippen LogP contribution is -2.30. The quantitative estimate of drug-likeness (QED) is 0.631. The number of carbonyl (C=O) groups excluding carboxylic acids is 1. The number of hydrogen-bond donors (Lipinski definition) is 2. The maximum atomic E-state index is 12.7. The molecule has 0 bridgehead atoms. The van der Waals surface area contributed by atoms with E-state index in [2.05, 4.69) is 25.6 Å². The zero-order chi connectivity index (χ0) is 20.3. The van der Waals surface area contributed by atoms with Gasteiger partial charge in [0, 0.05) is 16.8 Å². The Hall–Kier alpha value is -2.82. The first kappa shape index (κ1) is 19.9. The first-order valence-electron chi connectivity index (χ1n) is 8.23. The fraction of sp³-hybridized carbons (Fsp3) is 0.176. The molecule has 0 saturated carbocycles. The van der Waals surface area contributed by atoms with Gasteiger partial charge in [-0.2, -0.15) is 4.68 Å². The Kier molecular flexibility index (Phi) is 5.73. The third-order valence-corrected chi connectivity index (χ3v) is 5.52. The van der Waals surface area contributed by atoms with Crippen LogP contribution in [0.2, 0.25) is 5.02 Å². The molecule has 0 aliphatic rings. The van der Waals surface area contributed by atoms with Crippen LogP contribution in [0.3, 0.4) is 0 Å². The average Bonchev–Trinajstić information content (AvgIpc) is 3.15. The van der Waals surface area contributed by atoms with Crippen LogP contribution in [0.5, 0.6) is 0 Å². The number of nitrogens with one attached hydrogen (secondary N) is 2. The second-order valence-electron chi connectivity index (χ2n) is 6.17. The molecule has 0 fully saturated rings. The van der Waals surface area contributed by atoms with Crippen molar-refractivity contribution in [3.8, 4) is 5.69 Å². The van der Waals surface area contributed by atoms with Crippen molar-refractivity contribution in [2.24, 2.45) is 0 Å². The summed E-state index contributed by atoms with van der Waals surface area (Å²) in [6.07, 6.45) is 1.36. The second kappa shape index (κ2) is 8.05. The predicted molar refractivity (Wildman–Crippen MR) is 104 cm³/mol. The summed E-state index contributed by atoms with van der Waals surface area (Å²) in [6.45, 7) is 3.47. The summed E-state index contributed by atoms with van der Waals surface area (Å²) in [4.78, 5) is 12.8. The van der Waals surface area contributed by atoms with Crippen LogP contribution in [0, 0.1) is 0 Å². The number of amides is 1. The van der Waals surface area contributed by atoms with Crippen molar-refractivity contribution in [3.05, 3.63) is 59.4 Å². The third kappa shape index (κ3) is 4.53. The minimum atomic E-state index is -3.60. The molecule has 0 atom stereocenters. The summed E-state index contributed by atoms with van der Waals surface area (Å²) in [6, 6.07) is 10.4. The Balaban J connectivity index is 1.84. The highest BCUT2D eigenvalue weighted by atomic mass is 35.5. The summed E-state index contributed by atoms with van der Waals surface area (Å²) in [7, 11) is -3.60. The highest BCUT2D eigenvalue weighted by Crippen LogP contribution is 2.21. The van der Waals surface area contributed by atoms with Gasteiger partial charge in [-0.25, -0.2) is 13.1 Å². The number of benzene rings is 2. The van der Waals surface area contributed by atoms with E-state index >= 15 is 0 Å². The van der Waals surface area contributed by atoms with Gasteiger partial charge < -0.3 is 5.32 Å². The normalized spacial score (nSPS) is 11.6. The molecular weight excluding hydrogens is 404 g/mol. The Labute approximate surface area is 166 Å². The lowest BCUT2D eigenvalue weighted by molar-refractivity contribution is 0.102. The summed E-state index contributed by atoms with van der Waals surface area (Å²) in [5.41, 5.74) is 1.14. The molecule has 0 saturated heterocycles. The van der Waals surface area contributed by atoms with Gasteiger partial charge in [-0.3, -0.25) is 4.79 Å². The van der Waals surface area contributed by atoms with Gasteiger partial charge in [-0.15, -0.1) is 5.10 Å².